The van der Waals surface area contributed by atoms with Gasteiger partial charge in [-0.3, -0.25) is 14.6 Å². The van der Waals surface area contributed by atoms with E-state index in [-0.39, 0.29) is 41.8 Å². The van der Waals surface area contributed by atoms with Gasteiger partial charge in [0.1, 0.15) is 0 Å². The van der Waals surface area contributed by atoms with E-state index in [4.69, 9.17) is 21.3 Å². The molecule has 0 bridgehead atoms. The van der Waals surface area contributed by atoms with Crippen LogP contribution in [0.1, 0.15) is 18.4 Å². The average molecular weight is 559 g/mol. The van der Waals surface area contributed by atoms with Crippen LogP contribution in [-0.4, -0.2) is 69.4 Å². The Bertz CT molecular complexity index is 1250. The number of amides is 1. The highest BCUT2D eigenvalue weighted by Gasteiger charge is 2.23. The monoisotopic (exact) mass is 557 g/mol. The van der Waals surface area contributed by atoms with Gasteiger partial charge in [-0.2, -0.15) is 0 Å². The number of rotatable bonds is 9. The van der Waals surface area contributed by atoms with Gasteiger partial charge >= 0.3 is 0 Å². The summed E-state index contributed by atoms with van der Waals surface area (Å²) < 4.78 is 31.6. The predicted octanol–water partition coefficient (Wildman–Crippen LogP) is 4.60. The van der Waals surface area contributed by atoms with Gasteiger partial charge in [0.05, 0.1) is 34.1 Å². The molecule has 0 spiro atoms. The van der Waals surface area contributed by atoms with Crippen LogP contribution in [0.15, 0.2) is 47.4 Å². The maximum Gasteiger partial charge on any atom is 0.228 e. The van der Waals surface area contributed by atoms with Crippen LogP contribution in [0.4, 0.5) is 5.13 Å². The maximum atomic E-state index is 13.3. The molecule has 1 saturated heterocycles. The summed E-state index contributed by atoms with van der Waals surface area (Å²) in [6.07, 6.45) is 0.380. The molecule has 1 aliphatic rings. The van der Waals surface area contributed by atoms with Crippen LogP contribution in [0.3, 0.4) is 0 Å². The molecule has 190 valence electrons. The van der Waals surface area contributed by atoms with Gasteiger partial charge in [-0.25, -0.2) is 13.4 Å². The van der Waals surface area contributed by atoms with E-state index in [0.29, 0.717) is 36.5 Å². The Morgan fingerprint density at radius 1 is 1.20 bits per heavy atom. The molecule has 35 heavy (non-hydrogen) atoms. The lowest BCUT2D eigenvalue weighted by Gasteiger charge is -2.29. The fraction of sp³-hybridized carbons (Fsp3) is 0.417. The Balaban J connectivity index is 0.00000342. The van der Waals surface area contributed by atoms with Crippen molar-refractivity contribution in [1.29, 1.82) is 0 Å². The number of anilines is 1. The van der Waals surface area contributed by atoms with E-state index in [2.05, 4.69) is 4.90 Å². The van der Waals surface area contributed by atoms with E-state index in [1.165, 1.54) is 11.3 Å². The number of halogens is 2. The summed E-state index contributed by atoms with van der Waals surface area (Å²) in [5.41, 5.74) is 1.79. The first-order valence-electron chi connectivity index (χ1n) is 11.3. The number of nitrogens with zero attached hydrogens (tertiary/aromatic N) is 3. The fourth-order valence-corrected chi connectivity index (χ4v) is 6.74. The maximum absolute atomic E-state index is 13.3. The van der Waals surface area contributed by atoms with Crippen molar-refractivity contribution in [2.75, 3.05) is 50.0 Å². The molecule has 7 nitrogen and oxygen atoms in total. The van der Waals surface area contributed by atoms with Crippen molar-refractivity contribution >= 4 is 66.4 Å². The number of carbonyl (C=O) groups excluding carboxylic acids is 1. The molecule has 3 aromatic rings. The number of fused-ring (bicyclic) bond motifs is 1. The van der Waals surface area contributed by atoms with Gasteiger partial charge in [-0.1, -0.05) is 41.1 Å². The number of carbonyl (C=O) groups is 1. The van der Waals surface area contributed by atoms with Crippen LogP contribution >= 0.6 is 35.3 Å². The molecule has 2 aromatic carbocycles. The van der Waals surface area contributed by atoms with Crippen LogP contribution in [-0.2, 0) is 19.4 Å². The Morgan fingerprint density at radius 2 is 1.91 bits per heavy atom. The normalized spacial score (nSPS) is 14.6. The Labute approximate surface area is 221 Å². The van der Waals surface area contributed by atoms with Crippen LogP contribution in [0.25, 0.3) is 10.2 Å². The lowest BCUT2D eigenvalue weighted by atomic mass is 10.2. The number of thiazole rings is 1. The molecule has 0 saturated carbocycles. The predicted molar refractivity (Wildman–Crippen MR) is 144 cm³/mol. The second-order valence-electron chi connectivity index (χ2n) is 8.30. The molecule has 0 radical (unpaired) electrons. The van der Waals surface area contributed by atoms with Crippen molar-refractivity contribution in [1.82, 2.24) is 9.88 Å². The molecular weight excluding hydrogens is 529 g/mol. The molecule has 1 aromatic heterocycles. The Morgan fingerprint density at radius 3 is 2.63 bits per heavy atom. The van der Waals surface area contributed by atoms with E-state index in [9.17, 15) is 13.2 Å². The highest BCUT2D eigenvalue weighted by atomic mass is 35.5. The number of benzene rings is 2. The van der Waals surface area contributed by atoms with Crippen molar-refractivity contribution < 1.29 is 17.9 Å². The minimum atomic E-state index is -3.43. The number of aromatic nitrogens is 1. The molecule has 11 heteroatoms. The van der Waals surface area contributed by atoms with Crippen LogP contribution in [0, 0.1) is 6.92 Å². The van der Waals surface area contributed by atoms with Crippen molar-refractivity contribution in [2.45, 2.75) is 24.7 Å². The first-order chi connectivity index (χ1) is 16.3. The van der Waals surface area contributed by atoms with Crippen molar-refractivity contribution in [3.05, 3.63) is 53.1 Å². The third kappa shape index (κ3) is 7.15. The summed E-state index contributed by atoms with van der Waals surface area (Å²) in [4.78, 5) is 22.3. The van der Waals surface area contributed by atoms with Crippen molar-refractivity contribution in [3.63, 3.8) is 0 Å². The number of ether oxygens (including phenoxy) is 1. The molecule has 0 aliphatic carbocycles. The Hall–Kier alpha value is -1.75. The smallest absolute Gasteiger partial charge is 0.228 e. The first-order valence-corrected chi connectivity index (χ1v) is 14.1. The third-order valence-corrected chi connectivity index (χ3v) is 8.88. The molecule has 2 heterocycles. The summed E-state index contributed by atoms with van der Waals surface area (Å²) >= 11 is 7.66. The molecule has 4 rings (SSSR count). The van der Waals surface area contributed by atoms with E-state index in [1.807, 2.05) is 19.1 Å². The third-order valence-electron chi connectivity index (χ3n) is 5.82. The number of morpholine rings is 1. The molecule has 0 unspecified atom stereocenters. The summed E-state index contributed by atoms with van der Waals surface area (Å²) in [7, 11) is -3.43. The summed E-state index contributed by atoms with van der Waals surface area (Å²) in [6, 6.07) is 12.1. The molecule has 0 N–H and O–H groups in total. The topological polar surface area (TPSA) is 79.8 Å². The zero-order valence-electron chi connectivity index (χ0n) is 19.5. The van der Waals surface area contributed by atoms with Gasteiger partial charge in [0, 0.05) is 37.6 Å². The SMILES string of the molecule is Cc1cc(Cl)cc2sc(N(CCN3CCOCC3)C(=O)CCCS(=O)(=O)c3ccccc3)nc12.Cl. The van der Waals surface area contributed by atoms with Gasteiger partial charge in [-0.15, -0.1) is 12.4 Å². The molecule has 1 amide bonds. The van der Waals surface area contributed by atoms with E-state index < -0.39 is 9.84 Å². The summed E-state index contributed by atoms with van der Waals surface area (Å²) in [5.74, 6) is -0.200. The quantitative estimate of drug-likeness (QED) is 0.382. The van der Waals surface area contributed by atoms with E-state index in [1.54, 1.807) is 35.2 Å². The first kappa shape index (κ1) is 27.8. The number of hydrogen-bond donors (Lipinski definition) is 0. The number of hydrogen-bond acceptors (Lipinski definition) is 7. The van der Waals surface area contributed by atoms with Crippen LogP contribution in [0.5, 0.6) is 0 Å². The number of sulfone groups is 1. The average Bonchev–Trinajstić information content (AvgIpc) is 3.24. The van der Waals surface area contributed by atoms with E-state index in [0.717, 1.165) is 28.9 Å². The Kier molecular flexibility index (Phi) is 9.92. The van der Waals surface area contributed by atoms with Crippen LogP contribution in [0.2, 0.25) is 5.02 Å². The second-order valence-corrected chi connectivity index (χ2v) is 11.9. The minimum Gasteiger partial charge on any atom is -0.379 e. The van der Waals surface area contributed by atoms with Crippen LogP contribution < -0.4 is 4.90 Å². The standard InChI is InChI=1S/C24H28ClN3O4S2.ClH/c1-18-16-19(25)17-21-23(18)26-24(33-21)28(10-9-27-11-13-32-14-12-27)22(29)8-5-15-34(30,31)20-6-3-2-4-7-20;/h2-4,6-7,16-17H,5,8-15H2,1H3;1H. The van der Waals surface area contributed by atoms with Crippen molar-refractivity contribution in [2.24, 2.45) is 0 Å². The van der Waals surface area contributed by atoms with Crippen molar-refractivity contribution in [3.8, 4) is 0 Å². The highest BCUT2D eigenvalue weighted by Crippen LogP contribution is 2.33. The minimum absolute atomic E-state index is 0. The van der Waals surface area contributed by atoms with Gasteiger partial charge in [0.15, 0.2) is 15.0 Å². The zero-order valence-corrected chi connectivity index (χ0v) is 22.7. The number of aryl methyl sites for hydroxylation is 1. The fourth-order valence-electron chi connectivity index (χ4n) is 3.95. The van der Waals surface area contributed by atoms with Gasteiger partial charge in [-0.05, 0) is 43.2 Å². The zero-order chi connectivity index (χ0) is 24.1. The summed E-state index contributed by atoms with van der Waals surface area (Å²) in [5, 5.41) is 1.25. The van der Waals surface area contributed by atoms with E-state index >= 15 is 0 Å². The molecule has 1 aliphatic heterocycles. The van der Waals surface area contributed by atoms with Gasteiger partial charge in [0.25, 0.3) is 0 Å². The molecule has 1 fully saturated rings. The molecular formula is C24H29Cl2N3O4S2. The highest BCUT2D eigenvalue weighted by molar-refractivity contribution is 7.91. The largest absolute Gasteiger partial charge is 0.379 e. The lowest BCUT2D eigenvalue weighted by Crippen LogP contribution is -2.43. The summed E-state index contributed by atoms with van der Waals surface area (Å²) in [6.45, 7) is 6.15. The van der Waals surface area contributed by atoms with Gasteiger partial charge < -0.3 is 4.74 Å². The second kappa shape index (κ2) is 12.5. The van der Waals surface area contributed by atoms with Gasteiger partial charge in [0.2, 0.25) is 5.91 Å². The molecule has 0 atom stereocenters. The lowest BCUT2D eigenvalue weighted by molar-refractivity contribution is -0.118.